The summed E-state index contributed by atoms with van der Waals surface area (Å²) in [5.41, 5.74) is 3.63. The number of nitrogens with one attached hydrogen (secondary N) is 2. The number of hydrogen-bond acceptors (Lipinski definition) is 5. The molecule has 3 rings (SSSR count). The number of carbonyl (C=O) groups is 1. The molecule has 1 aliphatic heterocycles. The first-order chi connectivity index (χ1) is 13.5. The SMILES string of the molecule is Cc1c(C(=O)NCc2ccccc2CN(C)C(C)C)nnn1C1CCNCC1.Cl.Cl. The van der Waals surface area contributed by atoms with Crippen molar-refractivity contribution < 1.29 is 4.79 Å². The lowest BCUT2D eigenvalue weighted by Crippen LogP contribution is -2.30. The van der Waals surface area contributed by atoms with Crippen molar-refractivity contribution >= 4 is 30.7 Å². The van der Waals surface area contributed by atoms with Gasteiger partial charge < -0.3 is 10.6 Å². The number of amides is 1. The summed E-state index contributed by atoms with van der Waals surface area (Å²) >= 11 is 0. The van der Waals surface area contributed by atoms with E-state index < -0.39 is 0 Å². The normalized spacial score (nSPS) is 14.3. The topological polar surface area (TPSA) is 75.1 Å². The lowest BCUT2D eigenvalue weighted by atomic mass is 10.1. The summed E-state index contributed by atoms with van der Waals surface area (Å²) in [5, 5.41) is 14.8. The minimum absolute atomic E-state index is 0. The van der Waals surface area contributed by atoms with Crippen LogP contribution in [0.3, 0.4) is 0 Å². The van der Waals surface area contributed by atoms with Gasteiger partial charge in [-0.2, -0.15) is 0 Å². The number of hydrogen-bond donors (Lipinski definition) is 2. The Labute approximate surface area is 191 Å². The fraction of sp³-hybridized carbons (Fsp3) is 0.571. The van der Waals surface area contributed by atoms with E-state index in [0.717, 1.165) is 43.7 Å². The Morgan fingerprint density at radius 2 is 1.87 bits per heavy atom. The fourth-order valence-electron chi connectivity index (χ4n) is 3.54. The molecule has 2 N–H and O–H groups in total. The molecule has 9 heteroatoms. The quantitative estimate of drug-likeness (QED) is 0.669. The zero-order chi connectivity index (χ0) is 20.1. The average molecular weight is 457 g/mol. The van der Waals surface area contributed by atoms with Crippen LogP contribution < -0.4 is 10.6 Å². The summed E-state index contributed by atoms with van der Waals surface area (Å²) in [6.45, 7) is 9.59. The maximum Gasteiger partial charge on any atom is 0.274 e. The van der Waals surface area contributed by atoms with Crippen LogP contribution in [-0.2, 0) is 13.1 Å². The van der Waals surface area contributed by atoms with Gasteiger partial charge in [0.25, 0.3) is 5.91 Å². The molecular weight excluding hydrogens is 423 g/mol. The van der Waals surface area contributed by atoms with E-state index in [9.17, 15) is 4.79 Å². The van der Waals surface area contributed by atoms with Crippen LogP contribution in [0.15, 0.2) is 24.3 Å². The van der Waals surface area contributed by atoms with Gasteiger partial charge in [-0.05, 0) is 64.9 Å². The predicted octanol–water partition coefficient (Wildman–Crippen LogP) is 3.12. The second-order valence-electron chi connectivity index (χ2n) is 7.91. The molecule has 1 aromatic heterocycles. The van der Waals surface area contributed by atoms with E-state index in [1.165, 1.54) is 5.56 Å². The van der Waals surface area contributed by atoms with Gasteiger partial charge in [-0.1, -0.05) is 29.5 Å². The summed E-state index contributed by atoms with van der Waals surface area (Å²) in [5.74, 6) is -0.162. The van der Waals surface area contributed by atoms with Gasteiger partial charge in [-0.25, -0.2) is 4.68 Å². The minimum Gasteiger partial charge on any atom is -0.346 e. The second kappa shape index (κ2) is 12.2. The number of piperidine rings is 1. The van der Waals surface area contributed by atoms with Crippen LogP contribution in [0, 0.1) is 6.92 Å². The molecule has 2 aromatic rings. The largest absolute Gasteiger partial charge is 0.346 e. The van der Waals surface area contributed by atoms with E-state index in [2.05, 4.69) is 58.9 Å². The fourth-order valence-corrected chi connectivity index (χ4v) is 3.54. The van der Waals surface area contributed by atoms with Crippen molar-refractivity contribution in [3.8, 4) is 0 Å². The van der Waals surface area contributed by atoms with Gasteiger partial charge in [0, 0.05) is 19.1 Å². The standard InChI is InChI=1S/C21H32N6O.2ClH/c1-15(2)26(4)14-18-8-6-5-7-17(18)13-23-21(28)20-16(3)27(25-24-20)19-9-11-22-12-10-19;;/h5-8,15,19,22H,9-14H2,1-4H3,(H,23,28);2*1H. The zero-order valence-corrected chi connectivity index (χ0v) is 19.9. The minimum atomic E-state index is -0.162. The first-order valence-electron chi connectivity index (χ1n) is 10.1. The third-order valence-corrected chi connectivity index (χ3v) is 5.66. The average Bonchev–Trinajstić information content (AvgIpc) is 3.09. The van der Waals surface area contributed by atoms with Crippen molar-refractivity contribution in [2.45, 2.75) is 58.8 Å². The number of carbonyl (C=O) groups excluding carboxylic acids is 1. The van der Waals surface area contributed by atoms with Gasteiger partial charge in [0.1, 0.15) is 0 Å². The molecule has 168 valence electrons. The van der Waals surface area contributed by atoms with Crippen LogP contribution in [-0.4, -0.2) is 52.0 Å². The van der Waals surface area contributed by atoms with Gasteiger partial charge in [0.15, 0.2) is 5.69 Å². The van der Waals surface area contributed by atoms with Gasteiger partial charge in [-0.15, -0.1) is 29.9 Å². The summed E-state index contributed by atoms with van der Waals surface area (Å²) in [4.78, 5) is 15.0. The predicted molar refractivity (Wildman–Crippen MR) is 125 cm³/mol. The van der Waals surface area contributed by atoms with E-state index in [1.807, 2.05) is 23.7 Å². The molecule has 1 fully saturated rings. The van der Waals surface area contributed by atoms with E-state index in [0.29, 0.717) is 24.3 Å². The van der Waals surface area contributed by atoms with Crippen LogP contribution >= 0.6 is 24.8 Å². The lowest BCUT2D eigenvalue weighted by Gasteiger charge is -2.23. The molecule has 0 bridgehead atoms. The lowest BCUT2D eigenvalue weighted by molar-refractivity contribution is 0.0945. The summed E-state index contributed by atoms with van der Waals surface area (Å²) in [7, 11) is 2.11. The monoisotopic (exact) mass is 456 g/mol. The van der Waals surface area contributed by atoms with Crippen molar-refractivity contribution in [3.63, 3.8) is 0 Å². The molecule has 0 unspecified atom stereocenters. The van der Waals surface area contributed by atoms with Gasteiger partial charge in [-0.3, -0.25) is 9.69 Å². The van der Waals surface area contributed by atoms with Crippen molar-refractivity contribution in [1.29, 1.82) is 0 Å². The Hall–Kier alpha value is -1.67. The molecule has 7 nitrogen and oxygen atoms in total. The smallest absolute Gasteiger partial charge is 0.274 e. The third kappa shape index (κ3) is 6.41. The number of rotatable bonds is 7. The van der Waals surface area contributed by atoms with E-state index in [1.54, 1.807) is 0 Å². The number of halogens is 2. The maximum absolute atomic E-state index is 12.7. The van der Waals surface area contributed by atoms with Gasteiger partial charge >= 0.3 is 0 Å². The molecular formula is C21H34Cl2N6O. The Balaban J connectivity index is 0.00000225. The first-order valence-corrected chi connectivity index (χ1v) is 10.1. The molecule has 0 spiro atoms. The Kier molecular flexibility index (Phi) is 10.8. The second-order valence-corrected chi connectivity index (χ2v) is 7.91. The summed E-state index contributed by atoms with van der Waals surface area (Å²) in [6.07, 6.45) is 2.03. The van der Waals surface area contributed by atoms with Crippen molar-refractivity contribution in [2.75, 3.05) is 20.1 Å². The molecule has 0 atom stereocenters. The molecule has 1 amide bonds. The summed E-state index contributed by atoms with van der Waals surface area (Å²) in [6, 6.07) is 9.04. The Morgan fingerprint density at radius 3 is 2.50 bits per heavy atom. The highest BCUT2D eigenvalue weighted by Crippen LogP contribution is 2.20. The van der Waals surface area contributed by atoms with E-state index in [-0.39, 0.29) is 30.7 Å². The van der Waals surface area contributed by atoms with Crippen molar-refractivity contribution in [2.24, 2.45) is 0 Å². The van der Waals surface area contributed by atoms with Gasteiger partial charge in [0.05, 0.1) is 11.7 Å². The van der Waals surface area contributed by atoms with Crippen molar-refractivity contribution in [3.05, 3.63) is 46.8 Å². The Morgan fingerprint density at radius 1 is 1.23 bits per heavy atom. The van der Waals surface area contributed by atoms with Crippen LogP contribution in [0.2, 0.25) is 0 Å². The van der Waals surface area contributed by atoms with Crippen LogP contribution in [0.1, 0.15) is 60.0 Å². The summed E-state index contributed by atoms with van der Waals surface area (Å²) < 4.78 is 1.92. The molecule has 0 aliphatic carbocycles. The molecule has 1 saturated heterocycles. The van der Waals surface area contributed by atoms with Crippen LogP contribution in [0.25, 0.3) is 0 Å². The third-order valence-electron chi connectivity index (χ3n) is 5.66. The highest BCUT2D eigenvalue weighted by Gasteiger charge is 2.23. The molecule has 0 saturated carbocycles. The van der Waals surface area contributed by atoms with Crippen LogP contribution in [0.5, 0.6) is 0 Å². The molecule has 30 heavy (non-hydrogen) atoms. The number of benzene rings is 1. The highest BCUT2D eigenvalue weighted by molar-refractivity contribution is 5.93. The van der Waals surface area contributed by atoms with Crippen LogP contribution in [0.4, 0.5) is 0 Å². The molecule has 0 radical (unpaired) electrons. The number of aromatic nitrogens is 3. The molecule has 1 aliphatic rings. The Bertz CT molecular complexity index is 805. The number of nitrogens with zero attached hydrogens (tertiary/aromatic N) is 4. The molecule has 1 aromatic carbocycles. The van der Waals surface area contributed by atoms with E-state index >= 15 is 0 Å². The van der Waals surface area contributed by atoms with Crippen molar-refractivity contribution in [1.82, 2.24) is 30.5 Å². The first kappa shape index (κ1) is 26.4. The maximum atomic E-state index is 12.7. The highest BCUT2D eigenvalue weighted by atomic mass is 35.5. The van der Waals surface area contributed by atoms with E-state index in [4.69, 9.17) is 0 Å². The molecule has 2 heterocycles. The van der Waals surface area contributed by atoms with Gasteiger partial charge in [0.2, 0.25) is 0 Å². The zero-order valence-electron chi connectivity index (χ0n) is 18.2.